The average molecular weight is 495 g/mol. The van der Waals surface area contributed by atoms with Crippen molar-refractivity contribution in [2.45, 2.75) is 18.9 Å². The van der Waals surface area contributed by atoms with Gasteiger partial charge in [0.15, 0.2) is 5.69 Å². The molecule has 8 nitrogen and oxygen atoms in total. The van der Waals surface area contributed by atoms with Crippen LogP contribution in [0.15, 0.2) is 89.9 Å². The number of amides is 2. The standard InChI is InChI=1S/C27H19ClN6O2/c28-20-11-13-21(14-12-20)34-27(30-17-29)31-23-22(15-18-7-3-1-4-8-18)25(35)33(26(36)24(23)32-34)16-19-9-5-2-6-10-19/h1-14,22H,15-16H2. The number of imide groups is 1. The molecule has 1 aromatic heterocycles. The molecule has 0 fully saturated rings. The lowest BCUT2D eigenvalue weighted by atomic mass is 9.90. The Bertz CT molecular complexity index is 1540. The number of aromatic nitrogens is 3. The van der Waals surface area contributed by atoms with E-state index in [-0.39, 0.29) is 29.5 Å². The number of fused-ring (bicyclic) bond motifs is 1. The van der Waals surface area contributed by atoms with E-state index in [0.717, 1.165) is 11.1 Å². The maximum Gasteiger partial charge on any atom is 0.283 e. The molecule has 0 radical (unpaired) electrons. The summed E-state index contributed by atoms with van der Waals surface area (Å²) >= 11 is 6.03. The number of halogens is 1. The van der Waals surface area contributed by atoms with Gasteiger partial charge in [-0.3, -0.25) is 14.5 Å². The lowest BCUT2D eigenvalue weighted by Crippen LogP contribution is -2.48. The maximum absolute atomic E-state index is 13.7. The molecule has 5 rings (SSSR count). The van der Waals surface area contributed by atoms with Gasteiger partial charge < -0.3 is 0 Å². The molecule has 0 bridgehead atoms. The van der Waals surface area contributed by atoms with Crippen LogP contribution < -0.4 is 5.62 Å². The zero-order valence-corrected chi connectivity index (χ0v) is 19.7. The first kappa shape index (κ1) is 23.1. The summed E-state index contributed by atoms with van der Waals surface area (Å²) in [5.41, 5.74) is 2.45. The molecule has 1 unspecified atom stereocenters. The van der Waals surface area contributed by atoms with Crippen LogP contribution in [0.5, 0.6) is 0 Å². The highest BCUT2D eigenvalue weighted by Crippen LogP contribution is 2.30. The van der Waals surface area contributed by atoms with Crippen LogP contribution in [0.1, 0.15) is 33.2 Å². The minimum Gasteiger partial charge on any atom is -0.274 e. The monoisotopic (exact) mass is 494 g/mol. The average Bonchev–Trinajstić information content (AvgIpc) is 2.91. The lowest BCUT2D eigenvalue weighted by molar-refractivity contribution is -0.131. The van der Waals surface area contributed by atoms with Gasteiger partial charge in [-0.25, -0.2) is 4.98 Å². The molecule has 3 aromatic carbocycles. The summed E-state index contributed by atoms with van der Waals surface area (Å²) in [6, 6.07) is 25.5. The molecule has 0 spiro atoms. The van der Waals surface area contributed by atoms with Crippen molar-refractivity contribution < 1.29 is 9.59 Å². The van der Waals surface area contributed by atoms with Gasteiger partial charge in [-0.05, 0) is 41.8 Å². The summed E-state index contributed by atoms with van der Waals surface area (Å²) in [7, 11) is 0. The van der Waals surface area contributed by atoms with Gasteiger partial charge in [0.25, 0.3) is 11.5 Å². The Balaban J connectivity index is 1.68. The second-order valence-electron chi connectivity index (χ2n) is 8.20. The third kappa shape index (κ3) is 4.52. The van der Waals surface area contributed by atoms with Gasteiger partial charge >= 0.3 is 0 Å². The zero-order chi connectivity index (χ0) is 25.1. The van der Waals surface area contributed by atoms with E-state index in [1.54, 1.807) is 30.5 Å². The second kappa shape index (κ2) is 9.94. The first-order chi connectivity index (χ1) is 17.5. The maximum atomic E-state index is 13.7. The van der Waals surface area contributed by atoms with E-state index in [9.17, 15) is 14.9 Å². The molecule has 1 atom stereocenters. The Labute approximate surface area is 211 Å². The molecule has 0 aliphatic carbocycles. The highest BCUT2D eigenvalue weighted by molar-refractivity contribution is 6.30. The van der Waals surface area contributed by atoms with E-state index in [4.69, 9.17) is 11.6 Å². The number of rotatable bonds is 5. The van der Waals surface area contributed by atoms with Crippen molar-refractivity contribution >= 4 is 23.4 Å². The Kier molecular flexibility index (Phi) is 6.39. The van der Waals surface area contributed by atoms with Crippen LogP contribution in [0.2, 0.25) is 5.02 Å². The molecule has 36 heavy (non-hydrogen) atoms. The van der Waals surface area contributed by atoms with Crippen LogP contribution in [0.3, 0.4) is 0 Å². The van der Waals surface area contributed by atoms with Crippen molar-refractivity contribution in [1.82, 2.24) is 19.7 Å². The fourth-order valence-corrected chi connectivity index (χ4v) is 4.28. The van der Waals surface area contributed by atoms with Crippen LogP contribution >= 0.6 is 11.6 Å². The van der Waals surface area contributed by atoms with Crippen molar-refractivity contribution in [2.24, 2.45) is 4.99 Å². The SMILES string of the molecule is N#CN=c1nc2c(nn1-c1ccc(Cl)cc1)C(=O)N(Cc1ccccc1)C(=O)C2Cc1ccccc1. The van der Waals surface area contributed by atoms with Gasteiger partial charge in [-0.15, -0.1) is 4.99 Å². The summed E-state index contributed by atoms with van der Waals surface area (Å²) in [5, 5.41) is 14.4. The summed E-state index contributed by atoms with van der Waals surface area (Å²) in [6.45, 7) is 0.107. The Morgan fingerprint density at radius 1 is 0.917 bits per heavy atom. The van der Waals surface area contributed by atoms with Crippen molar-refractivity contribution in [3.63, 3.8) is 0 Å². The lowest BCUT2D eigenvalue weighted by Gasteiger charge is -2.31. The largest absolute Gasteiger partial charge is 0.283 e. The second-order valence-corrected chi connectivity index (χ2v) is 8.64. The normalized spacial score (nSPS) is 15.5. The number of carbonyl (C=O) groups excluding carboxylic acids is 2. The summed E-state index contributed by atoms with van der Waals surface area (Å²) in [6.07, 6.45) is 2.05. The topological polar surface area (TPSA) is 104 Å². The van der Waals surface area contributed by atoms with E-state index in [1.807, 2.05) is 60.7 Å². The van der Waals surface area contributed by atoms with Gasteiger partial charge in [0.2, 0.25) is 12.1 Å². The molecular formula is C27H19ClN6O2. The third-order valence-electron chi connectivity index (χ3n) is 5.88. The fourth-order valence-electron chi connectivity index (χ4n) is 4.15. The molecule has 4 aromatic rings. The molecule has 1 aliphatic heterocycles. The summed E-state index contributed by atoms with van der Waals surface area (Å²) in [5.74, 6) is -1.70. The minimum atomic E-state index is -0.774. The third-order valence-corrected chi connectivity index (χ3v) is 6.13. The zero-order valence-electron chi connectivity index (χ0n) is 19.0. The Morgan fingerprint density at radius 3 is 2.19 bits per heavy atom. The van der Waals surface area contributed by atoms with Gasteiger partial charge in [0.1, 0.15) is 0 Å². The number of carbonyl (C=O) groups is 2. The van der Waals surface area contributed by atoms with Crippen LogP contribution in [0.25, 0.3) is 5.69 Å². The van der Waals surface area contributed by atoms with Crippen LogP contribution in [-0.4, -0.2) is 31.5 Å². The molecule has 2 amide bonds. The van der Waals surface area contributed by atoms with Crippen molar-refractivity contribution in [3.8, 4) is 11.9 Å². The van der Waals surface area contributed by atoms with Crippen LogP contribution in [0, 0.1) is 11.5 Å². The van der Waals surface area contributed by atoms with E-state index in [0.29, 0.717) is 17.1 Å². The fraction of sp³-hybridized carbons (Fsp3) is 0.111. The van der Waals surface area contributed by atoms with E-state index in [2.05, 4.69) is 15.1 Å². The van der Waals surface area contributed by atoms with Gasteiger partial charge in [-0.1, -0.05) is 72.3 Å². The van der Waals surface area contributed by atoms with Crippen molar-refractivity contribution in [3.05, 3.63) is 118 Å². The molecule has 0 saturated carbocycles. The van der Waals surface area contributed by atoms with Crippen LogP contribution in [-0.2, 0) is 17.8 Å². The molecule has 2 heterocycles. The number of nitrogens with zero attached hydrogens (tertiary/aromatic N) is 6. The van der Waals surface area contributed by atoms with E-state index < -0.39 is 11.8 Å². The summed E-state index contributed by atoms with van der Waals surface area (Å²) in [4.78, 5) is 36.9. The number of hydrogen-bond donors (Lipinski definition) is 0. The van der Waals surface area contributed by atoms with Crippen molar-refractivity contribution in [1.29, 1.82) is 5.26 Å². The number of nitriles is 1. The van der Waals surface area contributed by atoms with Crippen LogP contribution in [0.4, 0.5) is 0 Å². The Morgan fingerprint density at radius 2 is 1.56 bits per heavy atom. The predicted octanol–water partition coefficient (Wildman–Crippen LogP) is 3.81. The van der Waals surface area contributed by atoms with E-state index >= 15 is 0 Å². The molecule has 1 aliphatic rings. The molecule has 0 saturated heterocycles. The molecule has 9 heteroatoms. The van der Waals surface area contributed by atoms with Gasteiger partial charge in [-0.2, -0.15) is 15.0 Å². The summed E-state index contributed by atoms with van der Waals surface area (Å²) < 4.78 is 1.31. The predicted molar refractivity (Wildman–Crippen MR) is 132 cm³/mol. The van der Waals surface area contributed by atoms with Gasteiger partial charge in [0, 0.05) is 5.02 Å². The highest BCUT2D eigenvalue weighted by Gasteiger charge is 2.42. The first-order valence-corrected chi connectivity index (χ1v) is 11.6. The molecule has 176 valence electrons. The number of benzene rings is 3. The minimum absolute atomic E-state index is 0.0336. The molecule has 0 N–H and O–H groups in total. The smallest absolute Gasteiger partial charge is 0.274 e. The quantitative estimate of drug-likeness (QED) is 0.310. The van der Waals surface area contributed by atoms with Crippen molar-refractivity contribution in [2.75, 3.05) is 0 Å². The van der Waals surface area contributed by atoms with Gasteiger partial charge in [0.05, 0.1) is 23.8 Å². The number of hydrogen-bond acceptors (Lipinski definition) is 6. The molecular weight excluding hydrogens is 476 g/mol. The first-order valence-electron chi connectivity index (χ1n) is 11.2. The van der Waals surface area contributed by atoms with E-state index in [1.165, 1.54) is 9.58 Å². The highest BCUT2D eigenvalue weighted by atomic mass is 35.5. The Hall–Kier alpha value is -4.61.